The molecule has 33 heavy (non-hydrogen) atoms. The van der Waals surface area contributed by atoms with Crippen molar-refractivity contribution in [3.8, 4) is 11.4 Å². The van der Waals surface area contributed by atoms with Gasteiger partial charge >= 0.3 is 0 Å². The zero-order chi connectivity index (χ0) is 22.4. The number of anilines is 1. The van der Waals surface area contributed by atoms with Gasteiger partial charge in [-0.05, 0) is 19.2 Å². The summed E-state index contributed by atoms with van der Waals surface area (Å²) in [4.78, 5) is 31.2. The van der Waals surface area contributed by atoms with Crippen molar-refractivity contribution >= 4 is 44.2 Å². The van der Waals surface area contributed by atoms with Crippen molar-refractivity contribution in [2.75, 3.05) is 64.4 Å². The molecule has 0 unspecified atom stereocenters. The molecule has 2 aliphatic heterocycles. The average molecular weight is 464 g/mol. The van der Waals surface area contributed by atoms with E-state index < -0.39 is 0 Å². The number of benzene rings is 1. The fourth-order valence-electron chi connectivity index (χ4n) is 4.48. The molecule has 9 nitrogen and oxygen atoms in total. The highest BCUT2D eigenvalue weighted by Gasteiger charge is 2.25. The van der Waals surface area contributed by atoms with Crippen LogP contribution in [-0.2, 0) is 4.74 Å². The van der Waals surface area contributed by atoms with Crippen LogP contribution < -0.4 is 4.90 Å². The molecule has 5 heterocycles. The topological polar surface area (TPSA) is 90.5 Å². The van der Waals surface area contributed by atoms with Gasteiger partial charge in [0.1, 0.15) is 10.6 Å². The van der Waals surface area contributed by atoms with Crippen LogP contribution in [0, 0.1) is 0 Å². The zero-order valence-corrected chi connectivity index (χ0v) is 19.3. The third-order valence-electron chi connectivity index (χ3n) is 6.41. The van der Waals surface area contributed by atoms with Crippen LogP contribution in [0.4, 0.5) is 5.82 Å². The number of H-pyrrole nitrogens is 1. The van der Waals surface area contributed by atoms with Gasteiger partial charge < -0.3 is 19.4 Å². The second kappa shape index (κ2) is 8.36. The van der Waals surface area contributed by atoms with Crippen molar-refractivity contribution in [3.05, 3.63) is 35.3 Å². The van der Waals surface area contributed by atoms with Gasteiger partial charge in [-0.3, -0.25) is 9.89 Å². The summed E-state index contributed by atoms with van der Waals surface area (Å²) in [5, 5.41) is 9.12. The van der Waals surface area contributed by atoms with Crippen LogP contribution in [0.15, 0.2) is 30.5 Å². The lowest BCUT2D eigenvalue weighted by Gasteiger charge is -2.32. The number of nitrogens with zero attached hydrogens (tertiary/aromatic N) is 6. The van der Waals surface area contributed by atoms with Crippen molar-refractivity contribution in [1.82, 2.24) is 30.0 Å². The lowest BCUT2D eigenvalue weighted by molar-refractivity contribution is 0.0669. The Morgan fingerprint density at radius 3 is 2.70 bits per heavy atom. The number of hydrogen-bond acceptors (Lipinski definition) is 8. The molecule has 0 bridgehead atoms. The number of ether oxygens (including phenoxy) is 1. The van der Waals surface area contributed by atoms with Crippen molar-refractivity contribution in [3.63, 3.8) is 0 Å². The third-order valence-corrected chi connectivity index (χ3v) is 7.43. The number of hydrogen-bond donors (Lipinski definition) is 1. The number of morpholine rings is 1. The summed E-state index contributed by atoms with van der Waals surface area (Å²) in [6.07, 6.45) is 1.81. The van der Waals surface area contributed by atoms with Gasteiger partial charge in [0, 0.05) is 50.2 Å². The number of aromatic nitrogens is 4. The number of aromatic amines is 1. The van der Waals surface area contributed by atoms with Gasteiger partial charge in [-0.2, -0.15) is 5.10 Å². The summed E-state index contributed by atoms with van der Waals surface area (Å²) in [5.74, 6) is 1.60. The van der Waals surface area contributed by atoms with Gasteiger partial charge in [0.15, 0.2) is 5.82 Å². The Bertz CT molecular complexity index is 1320. The van der Waals surface area contributed by atoms with E-state index in [0.717, 1.165) is 76.6 Å². The minimum Gasteiger partial charge on any atom is -0.378 e. The lowest BCUT2D eigenvalue weighted by Crippen LogP contribution is -2.46. The number of carbonyl (C=O) groups excluding carboxylic acids is 1. The largest absolute Gasteiger partial charge is 0.378 e. The monoisotopic (exact) mass is 463 g/mol. The quantitative estimate of drug-likeness (QED) is 0.499. The summed E-state index contributed by atoms with van der Waals surface area (Å²) in [5.41, 5.74) is 1.87. The normalized spacial score (nSPS) is 17.8. The molecule has 0 saturated carbocycles. The molecule has 170 valence electrons. The Labute approximate surface area is 195 Å². The molecular weight excluding hydrogens is 438 g/mol. The fourth-order valence-corrected chi connectivity index (χ4v) is 5.47. The van der Waals surface area contributed by atoms with Gasteiger partial charge in [-0.1, -0.05) is 12.1 Å². The van der Waals surface area contributed by atoms with Crippen molar-refractivity contribution in [2.24, 2.45) is 0 Å². The SMILES string of the molecule is CN1CCN(C(=O)c2cc3c(N4CCOCC4)nc(-c4cccc5[nH]ncc45)nc3s2)CC1. The minimum atomic E-state index is 0.0810. The number of fused-ring (bicyclic) bond motifs is 2. The molecule has 3 aromatic heterocycles. The predicted molar refractivity (Wildman–Crippen MR) is 129 cm³/mol. The first-order valence-electron chi connectivity index (χ1n) is 11.2. The first kappa shape index (κ1) is 20.5. The van der Waals surface area contributed by atoms with E-state index in [0.29, 0.717) is 19.0 Å². The van der Waals surface area contributed by atoms with E-state index in [9.17, 15) is 4.79 Å². The number of amides is 1. The molecule has 2 aliphatic rings. The van der Waals surface area contributed by atoms with Crippen LogP contribution in [0.2, 0.25) is 0 Å². The van der Waals surface area contributed by atoms with E-state index in [-0.39, 0.29) is 5.91 Å². The number of thiophene rings is 1. The summed E-state index contributed by atoms with van der Waals surface area (Å²) in [6.45, 7) is 6.14. The van der Waals surface area contributed by atoms with Crippen LogP contribution in [0.5, 0.6) is 0 Å². The summed E-state index contributed by atoms with van der Waals surface area (Å²) in [6, 6.07) is 7.97. The van der Waals surface area contributed by atoms with E-state index >= 15 is 0 Å². The van der Waals surface area contributed by atoms with E-state index in [4.69, 9.17) is 14.7 Å². The standard InChI is InChI=1S/C23H25N7O2S/c1-28-5-7-30(8-6-28)23(31)19-13-16-21(29-9-11-32-12-10-29)25-20(26-22(16)33-19)15-3-2-4-18-17(15)14-24-27-18/h2-4,13-14H,5-12H2,1H3,(H,24,27). The number of carbonyl (C=O) groups is 1. The smallest absolute Gasteiger partial charge is 0.264 e. The van der Waals surface area contributed by atoms with E-state index in [1.54, 1.807) is 0 Å². The molecule has 0 atom stereocenters. The third kappa shape index (κ3) is 3.73. The first-order chi connectivity index (χ1) is 16.2. The van der Waals surface area contributed by atoms with Crippen LogP contribution >= 0.6 is 11.3 Å². The molecule has 0 spiro atoms. The fraction of sp³-hybridized carbons (Fsp3) is 0.391. The second-order valence-electron chi connectivity index (χ2n) is 8.53. The van der Waals surface area contributed by atoms with E-state index in [1.807, 2.05) is 35.4 Å². The number of piperazine rings is 1. The highest BCUT2D eigenvalue weighted by Crippen LogP contribution is 2.35. The second-order valence-corrected chi connectivity index (χ2v) is 9.56. The Kier molecular flexibility index (Phi) is 5.20. The average Bonchev–Trinajstić information content (AvgIpc) is 3.51. The van der Waals surface area contributed by atoms with Crippen molar-refractivity contribution < 1.29 is 9.53 Å². The molecular formula is C23H25N7O2S. The highest BCUT2D eigenvalue weighted by atomic mass is 32.1. The van der Waals surface area contributed by atoms with Crippen LogP contribution in [0.1, 0.15) is 9.67 Å². The molecule has 4 aromatic rings. The molecule has 1 aromatic carbocycles. The Hall–Kier alpha value is -3.08. The molecule has 1 N–H and O–H groups in total. The maximum atomic E-state index is 13.3. The van der Waals surface area contributed by atoms with Crippen LogP contribution in [-0.4, -0.2) is 95.4 Å². The van der Waals surface area contributed by atoms with Crippen molar-refractivity contribution in [1.29, 1.82) is 0 Å². The Morgan fingerprint density at radius 1 is 1.06 bits per heavy atom. The van der Waals surface area contributed by atoms with Gasteiger partial charge in [0.25, 0.3) is 5.91 Å². The number of likely N-dealkylation sites (N-methyl/N-ethyl adjacent to an activating group) is 1. The maximum absolute atomic E-state index is 13.3. The minimum absolute atomic E-state index is 0.0810. The van der Waals surface area contributed by atoms with Gasteiger partial charge in [0.05, 0.1) is 35.2 Å². The first-order valence-corrected chi connectivity index (χ1v) is 12.0. The molecule has 0 radical (unpaired) electrons. The number of nitrogens with one attached hydrogen (secondary N) is 1. The molecule has 0 aliphatic carbocycles. The van der Waals surface area contributed by atoms with E-state index in [1.165, 1.54) is 11.3 Å². The Morgan fingerprint density at radius 2 is 1.88 bits per heavy atom. The molecule has 2 saturated heterocycles. The molecule has 1 amide bonds. The van der Waals surface area contributed by atoms with Gasteiger partial charge in [-0.25, -0.2) is 9.97 Å². The van der Waals surface area contributed by atoms with Crippen LogP contribution in [0.3, 0.4) is 0 Å². The number of rotatable bonds is 3. The zero-order valence-electron chi connectivity index (χ0n) is 18.5. The summed E-state index contributed by atoms with van der Waals surface area (Å²) < 4.78 is 5.57. The predicted octanol–water partition coefficient (Wildman–Crippen LogP) is 2.46. The summed E-state index contributed by atoms with van der Waals surface area (Å²) in [7, 11) is 2.09. The van der Waals surface area contributed by atoms with Crippen LogP contribution in [0.25, 0.3) is 32.5 Å². The highest BCUT2D eigenvalue weighted by molar-refractivity contribution is 7.20. The van der Waals surface area contributed by atoms with Gasteiger partial charge in [0.2, 0.25) is 0 Å². The molecule has 6 rings (SSSR count). The Balaban J connectivity index is 1.46. The maximum Gasteiger partial charge on any atom is 0.264 e. The molecule has 2 fully saturated rings. The lowest BCUT2D eigenvalue weighted by atomic mass is 10.1. The van der Waals surface area contributed by atoms with E-state index in [2.05, 4.69) is 27.0 Å². The summed E-state index contributed by atoms with van der Waals surface area (Å²) >= 11 is 1.46. The van der Waals surface area contributed by atoms with Gasteiger partial charge in [-0.15, -0.1) is 11.3 Å². The van der Waals surface area contributed by atoms with Crippen molar-refractivity contribution in [2.45, 2.75) is 0 Å². The molecule has 10 heteroatoms.